The second kappa shape index (κ2) is 7.99. The van der Waals surface area contributed by atoms with Crippen LogP contribution in [0.25, 0.3) is 11.3 Å². The maximum atomic E-state index is 13.0. The number of amides is 1. The van der Waals surface area contributed by atoms with Crippen LogP contribution in [-0.4, -0.2) is 24.3 Å². The Hall–Kier alpha value is -3.06. The number of carbonyl (C=O) groups excluding carboxylic acids is 1. The molecule has 0 fully saturated rings. The average molecular weight is 424 g/mol. The number of hydrogen-bond donors (Lipinski definition) is 1. The summed E-state index contributed by atoms with van der Waals surface area (Å²) in [5.74, 6) is -0.749. The molecule has 2 aromatic heterocycles. The van der Waals surface area contributed by atoms with Gasteiger partial charge in [0.05, 0.1) is 11.3 Å². The first kappa shape index (κ1) is 21.6. The number of rotatable bonds is 4. The van der Waals surface area contributed by atoms with E-state index in [0.717, 1.165) is 22.4 Å². The molecule has 0 saturated heterocycles. The standard InChI is InChI=1S/C23H25N3O3S/c1-15-6-9-17(10-7-15)21-18(11-12-19(25-21)23(3,4)5)22(27)26-30(28,29)20-13-8-16(2)14-24-20/h6-14H,1-5H3,(H,26,27). The first-order valence-corrected chi connectivity index (χ1v) is 11.0. The lowest BCUT2D eigenvalue weighted by molar-refractivity contribution is 0.0981. The van der Waals surface area contributed by atoms with Crippen LogP contribution in [0.4, 0.5) is 0 Å². The fourth-order valence-corrected chi connectivity index (χ4v) is 3.73. The van der Waals surface area contributed by atoms with Crippen LogP contribution < -0.4 is 4.72 Å². The van der Waals surface area contributed by atoms with Crippen LogP contribution in [0.5, 0.6) is 0 Å². The minimum atomic E-state index is -4.11. The van der Waals surface area contributed by atoms with Crippen molar-refractivity contribution in [2.45, 2.75) is 45.1 Å². The highest BCUT2D eigenvalue weighted by molar-refractivity contribution is 7.90. The van der Waals surface area contributed by atoms with Crippen LogP contribution in [-0.2, 0) is 15.4 Å². The van der Waals surface area contributed by atoms with Crippen molar-refractivity contribution in [2.75, 3.05) is 0 Å². The van der Waals surface area contributed by atoms with E-state index in [-0.39, 0.29) is 16.0 Å². The van der Waals surface area contributed by atoms with Crippen LogP contribution >= 0.6 is 0 Å². The third-order valence-corrected chi connectivity index (χ3v) is 5.87. The van der Waals surface area contributed by atoms with Gasteiger partial charge in [0.25, 0.3) is 15.9 Å². The Bertz CT molecular complexity index is 1180. The molecule has 0 saturated carbocycles. The van der Waals surface area contributed by atoms with E-state index in [9.17, 15) is 13.2 Å². The summed E-state index contributed by atoms with van der Waals surface area (Å²) in [5, 5.41) is -0.211. The number of nitrogens with one attached hydrogen (secondary N) is 1. The molecule has 0 aliphatic rings. The van der Waals surface area contributed by atoms with Crippen molar-refractivity contribution >= 4 is 15.9 Å². The molecule has 6 nitrogen and oxygen atoms in total. The third kappa shape index (κ3) is 4.74. The smallest absolute Gasteiger partial charge is 0.268 e. The molecule has 1 amide bonds. The first-order valence-electron chi connectivity index (χ1n) is 9.56. The predicted molar refractivity (Wildman–Crippen MR) is 117 cm³/mol. The van der Waals surface area contributed by atoms with E-state index >= 15 is 0 Å². The number of benzene rings is 1. The number of sulfonamides is 1. The summed E-state index contributed by atoms with van der Waals surface area (Å²) >= 11 is 0. The summed E-state index contributed by atoms with van der Waals surface area (Å²) in [6.45, 7) is 9.86. The molecule has 1 aromatic carbocycles. The highest BCUT2D eigenvalue weighted by Crippen LogP contribution is 2.28. The number of pyridine rings is 2. The monoisotopic (exact) mass is 423 g/mol. The van der Waals surface area contributed by atoms with Gasteiger partial charge in [-0.2, -0.15) is 8.42 Å². The summed E-state index contributed by atoms with van der Waals surface area (Å²) in [6.07, 6.45) is 1.44. The van der Waals surface area contributed by atoms with E-state index in [0.29, 0.717) is 5.69 Å². The van der Waals surface area contributed by atoms with Gasteiger partial charge < -0.3 is 0 Å². The van der Waals surface area contributed by atoms with Gasteiger partial charge in [-0.25, -0.2) is 9.71 Å². The SMILES string of the molecule is Cc1ccc(-c2nc(C(C)(C)C)ccc2C(=O)NS(=O)(=O)c2ccc(C)cn2)cc1. The zero-order chi connectivity index (χ0) is 22.1. The van der Waals surface area contributed by atoms with Crippen molar-refractivity contribution in [3.05, 3.63) is 77.1 Å². The van der Waals surface area contributed by atoms with Crippen LogP contribution in [0, 0.1) is 13.8 Å². The van der Waals surface area contributed by atoms with E-state index in [4.69, 9.17) is 4.98 Å². The Balaban J connectivity index is 2.04. The fraction of sp³-hybridized carbons (Fsp3) is 0.261. The number of aromatic nitrogens is 2. The number of aryl methyl sites for hydroxylation is 2. The van der Waals surface area contributed by atoms with Crippen LogP contribution in [0.15, 0.2) is 59.8 Å². The van der Waals surface area contributed by atoms with Crippen molar-refractivity contribution in [1.29, 1.82) is 0 Å². The van der Waals surface area contributed by atoms with Gasteiger partial charge in [0.2, 0.25) is 0 Å². The number of nitrogens with zero attached hydrogens (tertiary/aromatic N) is 2. The summed E-state index contributed by atoms with van der Waals surface area (Å²) in [4.78, 5) is 21.6. The van der Waals surface area contributed by atoms with Gasteiger partial charge in [-0.1, -0.05) is 56.7 Å². The van der Waals surface area contributed by atoms with Crippen molar-refractivity contribution in [3.63, 3.8) is 0 Å². The highest BCUT2D eigenvalue weighted by atomic mass is 32.2. The third-order valence-electron chi connectivity index (χ3n) is 4.62. The molecule has 30 heavy (non-hydrogen) atoms. The average Bonchev–Trinajstić information content (AvgIpc) is 2.67. The van der Waals surface area contributed by atoms with Crippen LogP contribution in [0.1, 0.15) is 48.0 Å². The molecule has 0 unspecified atom stereocenters. The molecule has 1 N–H and O–H groups in total. The van der Waals surface area contributed by atoms with Crippen molar-refractivity contribution in [2.24, 2.45) is 0 Å². The summed E-state index contributed by atoms with van der Waals surface area (Å²) in [7, 11) is -4.11. The summed E-state index contributed by atoms with van der Waals surface area (Å²) in [6, 6.07) is 14.0. The molecule has 0 radical (unpaired) electrons. The van der Waals surface area contributed by atoms with Gasteiger partial charge in [0, 0.05) is 22.9 Å². The van der Waals surface area contributed by atoms with Crippen molar-refractivity contribution in [3.8, 4) is 11.3 Å². The first-order chi connectivity index (χ1) is 14.0. The van der Waals surface area contributed by atoms with E-state index in [1.165, 1.54) is 12.3 Å². The molecule has 0 bridgehead atoms. The van der Waals surface area contributed by atoms with Gasteiger partial charge in [-0.05, 0) is 37.6 Å². The van der Waals surface area contributed by atoms with Crippen LogP contribution in [0.2, 0.25) is 0 Å². The normalized spacial score (nSPS) is 11.9. The van der Waals surface area contributed by atoms with Crippen molar-refractivity contribution in [1.82, 2.24) is 14.7 Å². The number of hydrogen-bond acceptors (Lipinski definition) is 5. The second-order valence-corrected chi connectivity index (χ2v) is 9.95. The largest absolute Gasteiger partial charge is 0.281 e. The van der Waals surface area contributed by atoms with Crippen molar-refractivity contribution < 1.29 is 13.2 Å². The maximum absolute atomic E-state index is 13.0. The quantitative estimate of drug-likeness (QED) is 0.680. The molecule has 3 rings (SSSR count). The van der Waals surface area contributed by atoms with E-state index in [1.807, 2.05) is 52.0 Å². The Morgan fingerprint density at radius 1 is 0.900 bits per heavy atom. The molecule has 2 heterocycles. The minimum Gasteiger partial charge on any atom is -0.268 e. The van der Waals surface area contributed by atoms with E-state index < -0.39 is 15.9 Å². The van der Waals surface area contributed by atoms with Gasteiger partial charge in [-0.15, -0.1) is 0 Å². The van der Waals surface area contributed by atoms with Crippen LogP contribution in [0.3, 0.4) is 0 Å². The number of carbonyl (C=O) groups is 1. The molecule has 7 heteroatoms. The molecular formula is C23H25N3O3S. The molecule has 156 valence electrons. The molecule has 0 aliphatic carbocycles. The van der Waals surface area contributed by atoms with Gasteiger partial charge in [0.15, 0.2) is 5.03 Å². The Labute approximate surface area is 177 Å². The Morgan fingerprint density at radius 3 is 2.10 bits per heavy atom. The minimum absolute atomic E-state index is 0.183. The molecule has 0 spiro atoms. The second-order valence-electron chi connectivity index (χ2n) is 8.32. The molecule has 0 atom stereocenters. The molecular weight excluding hydrogens is 398 g/mol. The highest BCUT2D eigenvalue weighted by Gasteiger charge is 2.25. The summed E-state index contributed by atoms with van der Waals surface area (Å²) in [5.41, 5.74) is 3.83. The van der Waals surface area contributed by atoms with E-state index in [1.54, 1.807) is 25.1 Å². The molecule has 3 aromatic rings. The topological polar surface area (TPSA) is 89.0 Å². The van der Waals surface area contributed by atoms with Gasteiger partial charge in [-0.3, -0.25) is 9.78 Å². The fourth-order valence-electron chi connectivity index (χ4n) is 2.83. The Kier molecular flexibility index (Phi) is 5.76. The Morgan fingerprint density at radius 2 is 1.53 bits per heavy atom. The maximum Gasteiger partial charge on any atom is 0.281 e. The lowest BCUT2D eigenvalue weighted by Crippen LogP contribution is -2.32. The summed E-state index contributed by atoms with van der Waals surface area (Å²) < 4.78 is 27.4. The van der Waals surface area contributed by atoms with E-state index in [2.05, 4.69) is 9.71 Å². The molecule has 0 aliphatic heterocycles. The lowest BCUT2D eigenvalue weighted by Gasteiger charge is -2.20. The van der Waals surface area contributed by atoms with Gasteiger partial charge in [0.1, 0.15) is 0 Å². The lowest BCUT2D eigenvalue weighted by atomic mass is 9.90. The zero-order valence-electron chi connectivity index (χ0n) is 17.7. The predicted octanol–water partition coefficient (Wildman–Crippen LogP) is 4.18. The van der Waals surface area contributed by atoms with Gasteiger partial charge >= 0.3 is 0 Å². The zero-order valence-corrected chi connectivity index (χ0v) is 18.5.